The fourth-order valence-electron chi connectivity index (χ4n) is 2.38. The maximum atomic E-state index is 12.7. The summed E-state index contributed by atoms with van der Waals surface area (Å²) in [6, 6.07) is 14.9. The van der Waals surface area contributed by atoms with Gasteiger partial charge in [0.25, 0.3) is 5.91 Å². The van der Waals surface area contributed by atoms with Crippen LogP contribution in [0.5, 0.6) is 0 Å². The summed E-state index contributed by atoms with van der Waals surface area (Å²) in [5, 5.41) is 3.44. The van der Waals surface area contributed by atoms with Crippen molar-refractivity contribution in [1.82, 2.24) is 4.90 Å². The second-order valence-corrected chi connectivity index (χ2v) is 5.88. The molecule has 0 radical (unpaired) electrons. The first-order valence-electron chi connectivity index (χ1n) is 7.18. The van der Waals surface area contributed by atoms with Crippen LogP contribution in [0.15, 0.2) is 65.3 Å². The second-order valence-electron chi connectivity index (χ2n) is 5.45. The van der Waals surface area contributed by atoms with E-state index in [4.69, 9.17) is 16.6 Å². The lowest BCUT2D eigenvalue weighted by molar-refractivity contribution is -0.112. The van der Waals surface area contributed by atoms with Crippen LogP contribution >= 0.6 is 11.6 Å². The summed E-state index contributed by atoms with van der Waals surface area (Å²) >= 11 is 6.03. The standard InChI is InChI=1S/C18H16ClN3O/c1-22(2)11-14-17(12-6-4-3-5-7-12)20-15-9-8-13(19)10-16(15)21-18(14)23/h3-11H,1-2H3,(H,21,23)/b14-11+. The molecule has 4 nitrogen and oxygen atoms in total. The maximum absolute atomic E-state index is 12.7. The van der Waals surface area contributed by atoms with E-state index in [1.165, 1.54) is 0 Å². The minimum absolute atomic E-state index is 0.206. The Balaban J connectivity index is 2.23. The zero-order chi connectivity index (χ0) is 16.4. The molecule has 0 bridgehead atoms. The lowest BCUT2D eigenvalue weighted by Crippen LogP contribution is -2.22. The third-order valence-corrected chi connectivity index (χ3v) is 3.61. The highest BCUT2D eigenvalue weighted by Gasteiger charge is 2.23. The van der Waals surface area contributed by atoms with E-state index in [0.717, 1.165) is 5.56 Å². The average molecular weight is 326 g/mol. The molecule has 1 amide bonds. The normalized spacial score (nSPS) is 15.5. The molecule has 0 fully saturated rings. The molecule has 23 heavy (non-hydrogen) atoms. The van der Waals surface area contributed by atoms with Crippen molar-refractivity contribution < 1.29 is 4.79 Å². The van der Waals surface area contributed by atoms with E-state index in [0.29, 0.717) is 27.7 Å². The number of fused-ring (bicyclic) bond motifs is 1. The van der Waals surface area contributed by atoms with Crippen molar-refractivity contribution in [2.24, 2.45) is 4.99 Å². The van der Waals surface area contributed by atoms with Gasteiger partial charge in [-0.3, -0.25) is 4.79 Å². The number of rotatable bonds is 2. The molecular weight excluding hydrogens is 310 g/mol. The number of carbonyl (C=O) groups excluding carboxylic acids is 1. The van der Waals surface area contributed by atoms with Crippen LogP contribution in [0.1, 0.15) is 5.56 Å². The van der Waals surface area contributed by atoms with Gasteiger partial charge < -0.3 is 10.2 Å². The topological polar surface area (TPSA) is 44.7 Å². The van der Waals surface area contributed by atoms with Gasteiger partial charge in [-0.25, -0.2) is 4.99 Å². The van der Waals surface area contributed by atoms with E-state index in [9.17, 15) is 4.79 Å². The fourth-order valence-corrected chi connectivity index (χ4v) is 2.55. The first-order valence-corrected chi connectivity index (χ1v) is 7.56. The van der Waals surface area contributed by atoms with Gasteiger partial charge in [0.15, 0.2) is 0 Å². The predicted molar refractivity (Wildman–Crippen MR) is 94.5 cm³/mol. The number of benzene rings is 2. The van der Waals surface area contributed by atoms with Gasteiger partial charge in [0.1, 0.15) is 0 Å². The fraction of sp³-hybridized carbons (Fsp3) is 0.111. The van der Waals surface area contributed by atoms with Crippen LogP contribution in [0.3, 0.4) is 0 Å². The summed E-state index contributed by atoms with van der Waals surface area (Å²) in [5.41, 5.74) is 3.33. The zero-order valence-corrected chi connectivity index (χ0v) is 13.6. The van der Waals surface area contributed by atoms with E-state index in [2.05, 4.69) is 5.32 Å². The van der Waals surface area contributed by atoms with Crippen LogP contribution in [0.25, 0.3) is 0 Å². The van der Waals surface area contributed by atoms with Crippen molar-refractivity contribution in [1.29, 1.82) is 0 Å². The van der Waals surface area contributed by atoms with Crippen LogP contribution in [0, 0.1) is 0 Å². The van der Waals surface area contributed by atoms with Crippen LogP contribution in [-0.4, -0.2) is 30.6 Å². The maximum Gasteiger partial charge on any atom is 0.259 e. The van der Waals surface area contributed by atoms with Gasteiger partial charge in [-0.05, 0) is 18.2 Å². The van der Waals surface area contributed by atoms with Crippen LogP contribution < -0.4 is 5.32 Å². The first kappa shape index (κ1) is 15.3. The van der Waals surface area contributed by atoms with E-state index in [1.54, 1.807) is 24.4 Å². The molecule has 2 aromatic carbocycles. The van der Waals surface area contributed by atoms with Crippen molar-refractivity contribution in [2.75, 3.05) is 19.4 Å². The quantitative estimate of drug-likeness (QED) is 0.852. The molecule has 0 aromatic heterocycles. The molecule has 1 heterocycles. The van der Waals surface area contributed by atoms with Crippen LogP contribution in [0.4, 0.5) is 11.4 Å². The number of aliphatic imine (C=N–C) groups is 1. The Labute approximate surface area is 140 Å². The molecule has 0 aliphatic carbocycles. The van der Waals surface area contributed by atoms with Crippen molar-refractivity contribution in [2.45, 2.75) is 0 Å². The molecule has 1 aliphatic rings. The van der Waals surface area contributed by atoms with Crippen LogP contribution in [-0.2, 0) is 4.79 Å². The summed E-state index contributed by atoms with van der Waals surface area (Å²) in [6.07, 6.45) is 1.77. The summed E-state index contributed by atoms with van der Waals surface area (Å²) in [5.74, 6) is -0.206. The molecule has 1 aliphatic heterocycles. The van der Waals surface area contributed by atoms with E-state index >= 15 is 0 Å². The van der Waals surface area contributed by atoms with Gasteiger partial charge >= 0.3 is 0 Å². The predicted octanol–water partition coefficient (Wildman–Crippen LogP) is 3.86. The third-order valence-electron chi connectivity index (χ3n) is 3.37. The Kier molecular flexibility index (Phi) is 4.17. The summed E-state index contributed by atoms with van der Waals surface area (Å²) < 4.78 is 0. The van der Waals surface area contributed by atoms with Gasteiger partial charge in [0.05, 0.1) is 22.7 Å². The Bertz CT molecular complexity index is 810. The Morgan fingerprint density at radius 3 is 2.57 bits per heavy atom. The van der Waals surface area contributed by atoms with Gasteiger partial charge in [-0.1, -0.05) is 41.9 Å². The summed E-state index contributed by atoms with van der Waals surface area (Å²) in [7, 11) is 3.75. The summed E-state index contributed by atoms with van der Waals surface area (Å²) in [4.78, 5) is 19.2. The summed E-state index contributed by atoms with van der Waals surface area (Å²) in [6.45, 7) is 0. The second kappa shape index (κ2) is 6.26. The SMILES string of the molecule is CN(C)/C=C1/C(=O)Nc2cc(Cl)ccc2N=C1c1ccccc1. The first-order chi connectivity index (χ1) is 11.0. The highest BCUT2D eigenvalue weighted by Crippen LogP contribution is 2.32. The van der Waals surface area contributed by atoms with E-state index in [-0.39, 0.29) is 5.91 Å². The molecule has 1 N–H and O–H groups in total. The molecule has 0 spiro atoms. The third kappa shape index (κ3) is 3.27. The van der Waals surface area contributed by atoms with E-state index < -0.39 is 0 Å². The van der Waals surface area contributed by atoms with Gasteiger partial charge in [-0.2, -0.15) is 0 Å². The van der Waals surface area contributed by atoms with Crippen molar-refractivity contribution in [3.63, 3.8) is 0 Å². The highest BCUT2D eigenvalue weighted by atomic mass is 35.5. The monoisotopic (exact) mass is 325 g/mol. The molecule has 0 atom stereocenters. The van der Waals surface area contributed by atoms with Crippen molar-refractivity contribution >= 4 is 34.6 Å². The smallest absolute Gasteiger partial charge is 0.259 e. The van der Waals surface area contributed by atoms with E-state index in [1.807, 2.05) is 49.3 Å². The van der Waals surface area contributed by atoms with Crippen LogP contribution in [0.2, 0.25) is 5.02 Å². The molecule has 0 saturated heterocycles. The number of nitrogens with zero attached hydrogens (tertiary/aromatic N) is 2. The number of hydrogen-bond donors (Lipinski definition) is 1. The Morgan fingerprint density at radius 1 is 1.13 bits per heavy atom. The minimum Gasteiger partial charge on any atom is -0.383 e. The van der Waals surface area contributed by atoms with Gasteiger partial charge in [0.2, 0.25) is 0 Å². The molecule has 5 heteroatoms. The lowest BCUT2D eigenvalue weighted by atomic mass is 10.0. The number of hydrogen-bond acceptors (Lipinski definition) is 3. The molecular formula is C18H16ClN3O. The Morgan fingerprint density at radius 2 is 1.87 bits per heavy atom. The number of carbonyl (C=O) groups is 1. The molecule has 0 unspecified atom stereocenters. The molecule has 0 saturated carbocycles. The lowest BCUT2D eigenvalue weighted by Gasteiger charge is -2.12. The zero-order valence-electron chi connectivity index (χ0n) is 12.9. The molecule has 3 rings (SSSR count). The van der Waals surface area contributed by atoms with Gasteiger partial charge in [0, 0.05) is 30.9 Å². The highest BCUT2D eigenvalue weighted by molar-refractivity contribution is 6.34. The molecule has 2 aromatic rings. The number of amides is 1. The Hall–Kier alpha value is -2.59. The molecule has 116 valence electrons. The minimum atomic E-state index is -0.206. The number of anilines is 1. The number of halogens is 1. The average Bonchev–Trinajstić information content (AvgIpc) is 2.65. The van der Waals surface area contributed by atoms with Crippen molar-refractivity contribution in [3.8, 4) is 0 Å². The van der Waals surface area contributed by atoms with Gasteiger partial charge in [-0.15, -0.1) is 0 Å². The van der Waals surface area contributed by atoms with Crippen molar-refractivity contribution in [3.05, 3.63) is 70.9 Å². The largest absolute Gasteiger partial charge is 0.383 e. The number of nitrogens with one attached hydrogen (secondary N) is 1.